The number of carbonyl (C=O) groups is 3. The number of rotatable bonds is 6. The average molecular weight is 456 g/mol. The predicted octanol–water partition coefficient (Wildman–Crippen LogP) is 3.27. The van der Waals surface area contributed by atoms with Crippen molar-refractivity contribution in [3.05, 3.63) is 35.6 Å². The van der Waals surface area contributed by atoms with Gasteiger partial charge in [0.15, 0.2) is 6.61 Å². The maximum atomic E-state index is 13.5. The third kappa shape index (κ3) is 4.39. The lowest BCUT2D eigenvalue weighted by molar-refractivity contribution is -0.161. The van der Waals surface area contributed by atoms with Crippen LogP contribution in [0.2, 0.25) is 0 Å². The SMILES string of the molecule is CN1N=C(C(=O)OCC(=O)N(Cc2ccc(F)cc2)C23CC4CC(CC(C4)C2)C3)CCC1=O. The highest BCUT2D eigenvalue weighted by molar-refractivity contribution is 6.37. The summed E-state index contributed by atoms with van der Waals surface area (Å²) in [4.78, 5) is 39.5. The molecule has 176 valence electrons. The summed E-state index contributed by atoms with van der Waals surface area (Å²) in [5.74, 6) is 0.586. The van der Waals surface area contributed by atoms with Gasteiger partial charge in [-0.1, -0.05) is 12.1 Å². The number of amides is 2. The van der Waals surface area contributed by atoms with Crippen molar-refractivity contribution in [2.45, 2.75) is 63.5 Å². The summed E-state index contributed by atoms with van der Waals surface area (Å²) in [5.41, 5.74) is 0.801. The monoisotopic (exact) mass is 455 g/mol. The molecular formula is C25H30FN3O4. The summed E-state index contributed by atoms with van der Waals surface area (Å²) >= 11 is 0. The van der Waals surface area contributed by atoms with E-state index in [1.807, 2.05) is 4.90 Å². The molecule has 5 aliphatic rings. The molecule has 1 aromatic rings. The van der Waals surface area contributed by atoms with E-state index in [4.69, 9.17) is 4.74 Å². The fourth-order valence-corrected chi connectivity index (χ4v) is 6.79. The number of hydrogen-bond acceptors (Lipinski definition) is 5. The Bertz CT molecular complexity index is 955. The van der Waals surface area contributed by atoms with Crippen molar-refractivity contribution < 1.29 is 23.5 Å². The molecule has 4 aliphatic carbocycles. The molecule has 1 aromatic carbocycles. The van der Waals surface area contributed by atoms with E-state index in [1.165, 1.54) is 38.4 Å². The summed E-state index contributed by atoms with van der Waals surface area (Å²) < 4.78 is 18.8. The summed E-state index contributed by atoms with van der Waals surface area (Å²) in [6.07, 6.45) is 7.11. The smallest absolute Gasteiger partial charge is 0.355 e. The number of hydrazone groups is 1. The van der Waals surface area contributed by atoms with Gasteiger partial charge in [0.2, 0.25) is 5.91 Å². The van der Waals surface area contributed by atoms with Gasteiger partial charge in [-0.3, -0.25) is 9.59 Å². The number of halogens is 1. The van der Waals surface area contributed by atoms with Crippen LogP contribution < -0.4 is 0 Å². The zero-order chi connectivity index (χ0) is 23.2. The van der Waals surface area contributed by atoms with Crippen LogP contribution in [0.4, 0.5) is 4.39 Å². The van der Waals surface area contributed by atoms with Crippen molar-refractivity contribution in [2.75, 3.05) is 13.7 Å². The van der Waals surface area contributed by atoms with E-state index in [9.17, 15) is 18.8 Å². The van der Waals surface area contributed by atoms with Gasteiger partial charge in [-0.25, -0.2) is 14.2 Å². The number of benzene rings is 1. The second kappa shape index (κ2) is 8.54. The largest absolute Gasteiger partial charge is 0.451 e. The number of nitrogens with zero attached hydrogens (tertiary/aromatic N) is 3. The molecule has 0 radical (unpaired) electrons. The minimum absolute atomic E-state index is 0.157. The Morgan fingerprint density at radius 1 is 1.09 bits per heavy atom. The van der Waals surface area contributed by atoms with Gasteiger partial charge in [-0.15, -0.1) is 0 Å². The molecule has 0 unspecified atom stereocenters. The maximum absolute atomic E-state index is 13.5. The topological polar surface area (TPSA) is 79.3 Å². The second-order valence-electron chi connectivity index (χ2n) is 10.3. The van der Waals surface area contributed by atoms with E-state index in [2.05, 4.69) is 5.10 Å². The summed E-state index contributed by atoms with van der Waals surface area (Å²) in [7, 11) is 1.50. The fourth-order valence-electron chi connectivity index (χ4n) is 6.79. The normalized spacial score (nSPS) is 30.2. The number of ether oxygens (including phenoxy) is 1. The minimum Gasteiger partial charge on any atom is -0.451 e. The number of hydrogen-bond donors (Lipinski definition) is 0. The van der Waals surface area contributed by atoms with Crippen LogP contribution in [0.15, 0.2) is 29.4 Å². The second-order valence-corrected chi connectivity index (χ2v) is 10.3. The van der Waals surface area contributed by atoms with Gasteiger partial charge in [-0.05, 0) is 74.0 Å². The van der Waals surface area contributed by atoms with Crippen molar-refractivity contribution in [3.63, 3.8) is 0 Å². The molecule has 1 heterocycles. The van der Waals surface area contributed by atoms with E-state index in [0.717, 1.165) is 29.8 Å². The van der Waals surface area contributed by atoms with Gasteiger partial charge < -0.3 is 9.64 Å². The molecule has 6 rings (SSSR count). The van der Waals surface area contributed by atoms with Crippen LogP contribution in [-0.4, -0.2) is 52.6 Å². The first kappa shape index (κ1) is 22.0. The van der Waals surface area contributed by atoms with Crippen molar-refractivity contribution >= 4 is 23.5 Å². The van der Waals surface area contributed by atoms with E-state index in [0.29, 0.717) is 24.3 Å². The van der Waals surface area contributed by atoms with Crippen LogP contribution >= 0.6 is 0 Å². The van der Waals surface area contributed by atoms with Crippen molar-refractivity contribution in [1.29, 1.82) is 0 Å². The van der Waals surface area contributed by atoms with Gasteiger partial charge in [0.1, 0.15) is 11.5 Å². The van der Waals surface area contributed by atoms with Gasteiger partial charge in [0, 0.05) is 32.0 Å². The van der Waals surface area contributed by atoms with E-state index in [-0.39, 0.29) is 48.3 Å². The Balaban J connectivity index is 1.33. The molecule has 0 N–H and O–H groups in total. The predicted molar refractivity (Wildman–Crippen MR) is 118 cm³/mol. The van der Waals surface area contributed by atoms with Gasteiger partial charge >= 0.3 is 5.97 Å². The zero-order valence-electron chi connectivity index (χ0n) is 19.0. The summed E-state index contributed by atoms with van der Waals surface area (Å²) in [6, 6.07) is 6.25. The molecular weight excluding hydrogens is 425 g/mol. The van der Waals surface area contributed by atoms with Crippen molar-refractivity contribution in [1.82, 2.24) is 9.91 Å². The van der Waals surface area contributed by atoms with Crippen LogP contribution in [0.5, 0.6) is 0 Å². The standard InChI is InChI=1S/C25H30FN3O4/c1-28-22(30)7-6-21(27-28)24(32)33-15-23(31)29(14-16-2-4-20(26)5-3-16)25-11-17-8-18(12-25)10-19(9-17)13-25/h2-5,17-19H,6-15H2,1H3. The first-order valence-corrected chi connectivity index (χ1v) is 11.9. The third-order valence-electron chi connectivity index (χ3n) is 7.90. The molecule has 1 aliphatic heterocycles. The minimum atomic E-state index is -0.657. The molecule has 0 aromatic heterocycles. The lowest BCUT2D eigenvalue weighted by atomic mass is 9.52. The average Bonchev–Trinajstić information content (AvgIpc) is 2.77. The summed E-state index contributed by atoms with van der Waals surface area (Å²) in [6.45, 7) is 0.0134. The highest BCUT2D eigenvalue weighted by Crippen LogP contribution is 2.58. The third-order valence-corrected chi connectivity index (χ3v) is 7.90. The quantitative estimate of drug-likeness (QED) is 0.617. The molecule has 33 heavy (non-hydrogen) atoms. The van der Waals surface area contributed by atoms with Crippen molar-refractivity contribution in [3.8, 4) is 0 Å². The Morgan fingerprint density at radius 2 is 1.70 bits per heavy atom. The van der Waals surface area contributed by atoms with E-state index >= 15 is 0 Å². The number of esters is 1. The summed E-state index contributed by atoms with van der Waals surface area (Å²) in [5, 5.41) is 5.12. The van der Waals surface area contributed by atoms with Crippen LogP contribution in [0.3, 0.4) is 0 Å². The van der Waals surface area contributed by atoms with Crippen LogP contribution in [0, 0.1) is 23.6 Å². The van der Waals surface area contributed by atoms with Gasteiger partial charge in [0.05, 0.1) is 0 Å². The molecule has 4 saturated carbocycles. The fraction of sp³-hybridized carbons (Fsp3) is 0.600. The maximum Gasteiger partial charge on any atom is 0.355 e. The molecule has 0 atom stereocenters. The first-order chi connectivity index (χ1) is 15.8. The van der Waals surface area contributed by atoms with Crippen LogP contribution in [-0.2, 0) is 25.7 Å². The van der Waals surface area contributed by atoms with E-state index in [1.54, 1.807) is 12.1 Å². The highest BCUT2D eigenvalue weighted by atomic mass is 19.1. The number of carbonyl (C=O) groups excluding carboxylic acids is 3. The lowest BCUT2D eigenvalue weighted by Crippen LogP contribution is -2.61. The molecule has 0 spiro atoms. The molecule has 8 heteroatoms. The molecule has 2 amide bonds. The van der Waals surface area contributed by atoms with Crippen LogP contribution in [0.25, 0.3) is 0 Å². The Morgan fingerprint density at radius 3 is 2.27 bits per heavy atom. The molecule has 0 saturated heterocycles. The van der Waals surface area contributed by atoms with Gasteiger partial charge in [0.25, 0.3) is 5.91 Å². The molecule has 4 fully saturated rings. The highest BCUT2D eigenvalue weighted by Gasteiger charge is 2.54. The Hall–Kier alpha value is -2.77. The Labute approximate surface area is 192 Å². The zero-order valence-corrected chi connectivity index (χ0v) is 19.0. The van der Waals surface area contributed by atoms with Crippen LogP contribution in [0.1, 0.15) is 56.9 Å². The van der Waals surface area contributed by atoms with Gasteiger partial charge in [-0.2, -0.15) is 5.10 Å². The van der Waals surface area contributed by atoms with E-state index < -0.39 is 5.97 Å². The molecule has 4 bridgehead atoms. The Kier molecular flexibility index (Phi) is 5.70. The lowest BCUT2D eigenvalue weighted by Gasteiger charge is -2.60. The first-order valence-electron chi connectivity index (χ1n) is 11.9. The van der Waals surface area contributed by atoms with Crippen molar-refractivity contribution in [2.24, 2.45) is 22.9 Å². The molecule has 7 nitrogen and oxygen atoms in total.